The van der Waals surface area contributed by atoms with Crippen LogP contribution in [-0.2, 0) is 24.4 Å². The smallest absolute Gasteiger partial charge is 0.409 e. The third-order valence-electron chi connectivity index (χ3n) is 5.55. The van der Waals surface area contributed by atoms with Gasteiger partial charge in [-0.1, -0.05) is 11.6 Å². The van der Waals surface area contributed by atoms with Crippen molar-refractivity contribution in [3.8, 4) is 5.75 Å². The number of nitrogens with one attached hydrogen (secondary N) is 1. The van der Waals surface area contributed by atoms with Gasteiger partial charge in [0, 0.05) is 51.0 Å². The molecule has 0 aliphatic carbocycles. The van der Waals surface area contributed by atoms with Gasteiger partial charge in [-0.25, -0.2) is 9.53 Å². The minimum absolute atomic E-state index is 0.00899. The van der Waals surface area contributed by atoms with Gasteiger partial charge in [0.15, 0.2) is 0 Å². The molecule has 1 fully saturated rings. The van der Waals surface area contributed by atoms with Crippen LogP contribution < -0.4 is 10.1 Å². The van der Waals surface area contributed by atoms with Crippen molar-refractivity contribution in [3.05, 3.63) is 40.2 Å². The quantitative estimate of drug-likeness (QED) is 0.654. The molecule has 0 atom stereocenters. The third kappa shape index (κ3) is 5.02. The first-order valence-electron chi connectivity index (χ1n) is 10.2. The highest BCUT2D eigenvalue weighted by Crippen LogP contribution is 2.46. The summed E-state index contributed by atoms with van der Waals surface area (Å²) >= 11 is 6.32. The van der Waals surface area contributed by atoms with E-state index in [1.165, 1.54) is 6.07 Å². The fourth-order valence-corrected chi connectivity index (χ4v) is 4.12. The Labute approximate surface area is 192 Å². The molecule has 4 rings (SSSR count). The molecular weight excluding hydrogens is 470 g/mol. The zero-order valence-electron chi connectivity index (χ0n) is 17.9. The molecule has 2 aliphatic rings. The van der Waals surface area contributed by atoms with Crippen LogP contribution in [0.5, 0.6) is 5.75 Å². The summed E-state index contributed by atoms with van der Waals surface area (Å²) in [5.74, 6) is -0.719. The van der Waals surface area contributed by atoms with E-state index in [9.17, 15) is 22.4 Å². The Hall–Kier alpha value is -2.57. The molecule has 0 bridgehead atoms. The number of fused-ring (bicyclic) bond motifs is 1. The number of urea groups is 1. The van der Waals surface area contributed by atoms with Crippen LogP contribution in [-0.4, -0.2) is 58.1 Å². The second kappa shape index (κ2) is 8.65. The zero-order chi connectivity index (χ0) is 24.0. The van der Waals surface area contributed by atoms with E-state index in [2.05, 4.69) is 24.8 Å². The lowest BCUT2D eigenvalue weighted by Gasteiger charge is -2.30. The summed E-state index contributed by atoms with van der Waals surface area (Å²) in [6.45, 7) is 4.67. The SMILES string of the molecule is Cc1nn(C)c(Cl)c1CN1CCCN(C(=O)Nc2ccc3c(c2)C(F)(F)OC(F)(F)O3)CC1. The van der Waals surface area contributed by atoms with Gasteiger partial charge < -0.3 is 15.0 Å². The minimum Gasteiger partial charge on any atom is -0.409 e. The predicted molar refractivity (Wildman–Crippen MR) is 110 cm³/mol. The molecule has 1 aromatic heterocycles. The number of carbonyl (C=O) groups is 1. The first-order valence-corrected chi connectivity index (χ1v) is 10.6. The first kappa shape index (κ1) is 23.6. The molecule has 0 radical (unpaired) electrons. The van der Waals surface area contributed by atoms with Crippen LogP contribution in [0, 0.1) is 6.92 Å². The highest BCUT2D eigenvalue weighted by atomic mass is 35.5. The van der Waals surface area contributed by atoms with Crippen LogP contribution in [0.15, 0.2) is 18.2 Å². The van der Waals surface area contributed by atoms with Gasteiger partial charge in [-0.2, -0.15) is 13.9 Å². The Balaban J connectivity index is 1.39. The number of hydrogen-bond donors (Lipinski definition) is 1. The number of carbonyl (C=O) groups excluding carboxylic acids is 1. The van der Waals surface area contributed by atoms with Crippen LogP contribution in [0.25, 0.3) is 0 Å². The Bertz CT molecular complexity index is 1060. The molecule has 2 aliphatic heterocycles. The van der Waals surface area contributed by atoms with Crippen LogP contribution in [0.3, 0.4) is 0 Å². The second-order valence-corrected chi connectivity index (χ2v) is 8.28. The molecule has 180 valence electrons. The molecule has 13 heteroatoms. The van der Waals surface area contributed by atoms with Gasteiger partial charge in [-0.3, -0.25) is 9.58 Å². The van der Waals surface area contributed by atoms with Crippen LogP contribution in [0.2, 0.25) is 5.15 Å². The minimum atomic E-state index is -4.45. The normalized spacial score (nSPS) is 20.0. The number of hydrogen-bond acceptors (Lipinski definition) is 5. The molecule has 2 aromatic rings. The lowest BCUT2D eigenvalue weighted by atomic mass is 10.1. The summed E-state index contributed by atoms with van der Waals surface area (Å²) in [7, 11) is 1.77. The molecule has 0 saturated carbocycles. The van der Waals surface area contributed by atoms with Crippen molar-refractivity contribution in [1.29, 1.82) is 0 Å². The molecule has 8 nitrogen and oxygen atoms in total. The van der Waals surface area contributed by atoms with Crippen LogP contribution in [0.1, 0.15) is 23.2 Å². The van der Waals surface area contributed by atoms with Gasteiger partial charge in [0.1, 0.15) is 10.9 Å². The Morgan fingerprint density at radius 1 is 1.21 bits per heavy atom. The van der Waals surface area contributed by atoms with E-state index in [4.69, 9.17) is 11.6 Å². The Morgan fingerprint density at radius 3 is 2.67 bits per heavy atom. The van der Waals surface area contributed by atoms with Crippen molar-refractivity contribution in [2.75, 3.05) is 31.5 Å². The molecule has 1 N–H and O–H groups in total. The highest BCUT2D eigenvalue weighted by molar-refractivity contribution is 6.30. The summed E-state index contributed by atoms with van der Waals surface area (Å²) < 4.78 is 63.5. The van der Waals surface area contributed by atoms with Crippen molar-refractivity contribution in [1.82, 2.24) is 19.6 Å². The van der Waals surface area contributed by atoms with Gasteiger partial charge in [-0.05, 0) is 31.5 Å². The maximum Gasteiger partial charge on any atom is 0.540 e. The largest absolute Gasteiger partial charge is 0.540 e. The summed E-state index contributed by atoms with van der Waals surface area (Å²) in [4.78, 5) is 16.5. The topological polar surface area (TPSA) is 71.9 Å². The molecule has 3 heterocycles. The van der Waals surface area contributed by atoms with Gasteiger partial charge in [0.05, 0.1) is 11.3 Å². The molecule has 1 aromatic carbocycles. The van der Waals surface area contributed by atoms with E-state index < -0.39 is 29.7 Å². The lowest BCUT2D eigenvalue weighted by Crippen LogP contribution is -2.41. The monoisotopic (exact) mass is 491 g/mol. The van der Waals surface area contributed by atoms with Crippen molar-refractivity contribution in [2.24, 2.45) is 7.05 Å². The maximum absolute atomic E-state index is 14.0. The fraction of sp³-hybridized carbons (Fsp3) is 0.500. The van der Waals surface area contributed by atoms with E-state index in [-0.39, 0.29) is 5.69 Å². The average Bonchev–Trinajstić information content (AvgIpc) is 2.88. The van der Waals surface area contributed by atoms with Gasteiger partial charge in [-0.15, -0.1) is 8.78 Å². The maximum atomic E-state index is 14.0. The van der Waals surface area contributed by atoms with Gasteiger partial charge in [0.2, 0.25) is 0 Å². The second-order valence-electron chi connectivity index (χ2n) is 7.92. The van der Waals surface area contributed by atoms with E-state index in [0.29, 0.717) is 37.8 Å². The molecular formula is C20H22ClF4N5O3. The van der Waals surface area contributed by atoms with Gasteiger partial charge >= 0.3 is 18.4 Å². The highest BCUT2D eigenvalue weighted by Gasteiger charge is 2.54. The Kier molecular flexibility index (Phi) is 6.18. The number of rotatable bonds is 3. The van der Waals surface area contributed by atoms with E-state index >= 15 is 0 Å². The number of aromatic nitrogens is 2. The molecule has 0 unspecified atom stereocenters. The van der Waals surface area contributed by atoms with Crippen molar-refractivity contribution in [2.45, 2.75) is 32.3 Å². The summed E-state index contributed by atoms with van der Waals surface area (Å²) in [5.41, 5.74) is 0.894. The number of aryl methyl sites for hydroxylation is 2. The number of halogens is 5. The molecule has 0 spiro atoms. The number of anilines is 1. The zero-order valence-corrected chi connectivity index (χ0v) is 18.6. The van der Waals surface area contributed by atoms with Gasteiger partial charge in [0.25, 0.3) is 0 Å². The molecule has 33 heavy (non-hydrogen) atoms. The number of amides is 2. The summed E-state index contributed by atoms with van der Waals surface area (Å²) in [6, 6.07) is 2.53. The number of benzene rings is 1. The number of alkyl halides is 4. The van der Waals surface area contributed by atoms with E-state index in [1.807, 2.05) is 6.92 Å². The van der Waals surface area contributed by atoms with Crippen molar-refractivity contribution < 1.29 is 31.8 Å². The van der Waals surface area contributed by atoms with Crippen LogP contribution >= 0.6 is 11.6 Å². The summed E-state index contributed by atoms with van der Waals surface area (Å²) in [5, 5.41) is 7.42. The van der Waals surface area contributed by atoms with Crippen LogP contribution in [0.4, 0.5) is 28.0 Å². The van der Waals surface area contributed by atoms with Crippen molar-refractivity contribution in [3.63, 3.8) is 0 Å². The van der Waals surface area contributed by atoms with E-state index in [0.717, 1.165) is 29.9 Å². The lowest BCUT2D eigenvalue weighted by molar-refractivity contribution is -0.461. The van der Waals surface area contributed by atoms with Crippen molar-refractivity contribution >= 4 is 23.3 Å². The number of nitrogens with zero attached hydrogens (tertiary/aromatic N) is 4. The average molecular weight is 492 g/mol. The standard InChI is InChI=1S/C20H22ClF4N5O3/c1-12-14(17(21)28(2)27-12)11-29-6-3-7-30(9-8-29)18(31)26-13-4-5-16-15(10-13)19(22,23)33-20(24,25)32-16/h4-5,10H,3,6-9,11H2,1-2H3,(H,26,31). The molecule has 1 saturated heterocycles. The Morgan fingerprint density at radius 2 is 1.97 bits per heavy atom. The fourth-order valence-electron chi connectivity index (χ4n) is 3.89. The number of ether oxygens (including phenoxy) is 2. The third-order valence-corrected chi connectivity index (χ3v) is 6.02. The first-order chi connectivity index (χ1) is 15.4. The summed E-state index contributed by atoms with van der Waals surface area (Å²) in [6.07, 6.45) is -8.02. The molecule has 2 amide bonds. The van der Waals surface area contributed by atoms with E-state index in [1.54, 1.807) is 16.6 Å². The predicted octanol–water partition coefficient (Wildman–Crippen LogP) is 4.13.